The standard InChI is InChI=1S/C9H16N2OS/c1-7(2)10-5-3-4-8-6-13-9(12)11-8/h6-7,10H,3-5H2,1-2H3,(H,11,12). The monoisotopic (exact) mass is 200 g/mol. The Bertz CT molecular complexity index is 290. The highest BCUT2D eigenvalue weighted by Gasteiger charge is 1.96. The lowest BCUT2D eigenvalue weighted by Gasteiger charge is -2.06. The summed E-state index contributed by atoms with van der Waals surface area (Å²) in [4.78, 5) is 13.6. The molecule has 2 N–H and O–H groups in total. The fourth-order valence-corrected chi connectivity index (χ4v) is 1.72. The van der Waals surface area contributed by atoms with Crippen molar-refractivity contribution in [2.24, 2.45) is 0 Å². The van der Waals surface area contributed by atoms with Gasteiger partial charge in [-0.3, -0.25) is 4.79 Å². The van der Waals surface area contributed by atoms with Gasteiger partial charge < -0.3 is 10.3 Å². The van der Waals surface area contributed by atoms with Crippen LogP contribution in [0.1, 0.15) is 26.0 Å². The van der Waals surface area contributed by atoms with Crippen LogP contribution in [0.3, 0.4) is 0 Å². The van der Waals surface area contributed by atoms with Crippen LogP contribution in [-0.4, -0.2) is 17.6 Å². The average Bonchev–Trinajstić information content (AvgIpc) is 2.45. The summed E-state index contributed by atoms with van der Waals surface area (Å²) in [6, 6.07) is 0.543. The SMILES string of the molecule is CC(C)NCCCc1csc(=O)[nH]1. The Kier molecular flexibility index (Phi) is 4.18. The van der Waals surface area contributed by atoms with Gasteiger partial charge >= 0.3 is 4.87 Å². The summed E-state index contributed by atoms with van der Waals surface area (Å²) >= 11 is 1.24. The molecule has 0 aromatic carbocycles. The maximum atomic E-state index is 10.8. The van der Waals surface area contributed by atoms with E-state index >= 15 is 0 Å². The van der Waals surface area contributed by atoms with Crippen LogP contribution >= 0.6 is 11.3 Å². The topological polar surface area (TPSA) is 44.9 Å². The van der Waals surface area contributed by atoms with E-state index in [9.17, 15) is 4.79 Å². The fraction of sp³-hybridized carbons (Fsp3) is 0.667. The molecule has 0 fully saturated rings. The molecule has 1 aromatic rings. The average molecular weight is 200 g/mol. The molecule has 0 aliphatic carbocycles. The summed E-state index contributed by atoms with van der Waals surface area (Å²) < 4.78 is 0. The van der Waals surface area contributed by atoms with Crippen molar-refractivity contribution in [3.8, 4) is 0 Å². The number of hydrogen-bond donors (Lipinski definition) is 2. The lowest BCUT2D eigenvalue weighted by Crippen LogP contribution is -2.23. The van der Waals surface area contributed by atoms with Crippen LogP contribution in [0.4, 0.5) is 0 Å². The molecule has 0 radical (unpaired) electrons. The zero-order chi connectivity index (χ0) is 9.68. The van der Waals surface area contributed by atoms with E-state index in [-0.39, 0.29) is 4.87 Å². The van der Waals surface area contributed by atoms with Gasteiger partial charge in [0.2, 0.25) is 0 Å². The molecule has 0 unspecified atom stereocenters. The van der Waals surface area contributed by atoms with Crippen molar-refractivity contribution >= 4 is 11.3 Å². The summed E-state index contributed by atoms with van der Waals surface area (Å²) in [5, 5.41) is 5.23. The fourth-order valence-electron chi connectivity index (χ4n) is 1.11. The highest BCUT2D eigenvalue weighted by atomic mass is 32.1. The zero-order valence-electron chi connectivity index (χ0n) is 8.09. The summed E-state index contributed by atoms with van der Waals surface area (Å²) in [7, 11) is 0. The number of nitrogens with one attached hydrogen (secondary N) is 2. The summed E-state index contributed by atoms with van der Waals surface area (Å²) in [6.07, 6.45) is 2.03. The van der Waals surface area contributed by atoms with Crippen LogP contribution in [-0.2, 0) is 6.42 Å². The number of aromatic amines is 1. The Balaban J connectivity index is 2.17. The first-order valence-electron chi connectivity index (χ1n) is 4.58. The van der Waals surface area contributed by atoms with E-state index in [2.05, 4.69) is 24.1 Å². The molecule has 0 amide bonds. The largest absolute Gasteiger partial charge is 0.317 e. The van der Waals surface area contributed by atoms with Crippen molar-refractivity contribution in [3.63, 3.8) is 0 Å². The Hall–Kier alpha value is -0.610. The molecule has 1 aromatic heterocycles. The molecule has 1 heterocycles. The normalized spacial score (nSPS) is 11.0. The van der Waals surface area contributed by atoms with Gasteiger partial charge in [0.25, 0.3) is 0 Å². The van der Waals surface area contributed by atoms with Gasteiger partial charge in [-0.2, -0.15) is 0 Å². The minimum Gasteiger partial charge on any atom is -0.317 e. The van der Waals surface area contributed by atoms with E-state index in [1.54, 1.807) is 0 Å². The number of H-pyrrole nitrogens is 1. The van der Waals surface area contributed by atoms with E-state index in [4.69, 9.17) is 0 Å². The Labute approximate surface area is 82.2 Å². The van der Waals surface area contributed by atoms with E-state index in [1.807, 2.05) is 5.38 Å². The number of thiazole rings is 1. The quantitative estimate of drug-likeness (QED) is 0.705. The van der Waals surface area contributed by atoms with E-state index in [0.29, 0.717) is 6.04 Å². The van der Waals surface area contributed by atoms with E-state index in [1.165, 1.54) is 11.3 Å². The predicted molar refractivity (Wildman–Crippen MR) is 56.4 cm³/mol. The molecular formula is C9H16N2OS. The van der Waals surface area contributed by atoms with Gasteiger partial charge in [0, 0.05) is 17.1 Å². The van der Waals surface area contributed by atoms with E-state index in [0.717, 1.165) is 25.1 Å². The number of hydrogen-bond acceptors (Lipinski definition) is 3. The minimum atomic E-state index is 0.0480. The summed E-state index contributed by atoms with van der Waals surface area (Å²) in [6.45, 7) is 5.27. The molecule has 13 heavy (non-hydrogen) atoms. The third-order valence-electron chi connectivity index (χ3n) is 1.75. The van der Waals surface area contributed by atoms with Crippen LogP contribution < -0.4 is 10.2 Å². The summed E-state index contributed by atoms with van der Waals surface area (Å²) in [5.41, 5.74) is 1.06. The Morgan fingerprint density at radius 2 is 2.38 bits per heavy atom. The molecule has 74 valence electrons. The van der Waals surface area contributed by atoms with Crippen molar-refractivity contribution in [1.82, 2.24) is 10.3 Å². The van der Waals surface area contributed by atoms with Crippen molar-refractivity contribution < 1.29 is 0 Å². The van der Waals surface area contributed by atoms with Gasteiger partial charge in [-0.1, -0.05) is 25.2 Å². The maximum Gasteiger partial charge on any atom is 0.304 e. The number of rotatable bonds is 5. The van der Waals surface area contributed by atoms with Crippen molar-refractivity contribution in [1.29, 1.82) is 0 Å². The third-order valence-corrected chi connectivity index (χ3v) is 2.46. The smallest absolute Gasteiger partial charge is 0.304 e. The van der Waals surface area contributed by atoms with Crippen LogP contribution in [0.5, 0.6) is 0 Å². The molecule has 0 saturated carbocycles. The van der Waals surface area contributed by atoms with Gasteiger partial charge in [0.1, 0.15) is 0 Å². The van der Waals surface area contributed by atoms with Crippen LogP contribution in [0, 0.1) is 0 Å². The molecule has 0 bridgehead atoms. The Morgan fingerprint density at radius 3 is 2.92 bits per heavy atom. The molecule has 3 nitrogen and oxygen atoms in total. The maximum absolute atomic E-state index is 10.8. The highest BCUT2D eigenvalue weighted by molar-refractivity contribution is 7.07. The van der Waals surface area contributed by atoms with Crippen LogP contribution in [0.15, 0.2) is 10.2 Å². The van der Waals surface area contributed by atoms with Gasteiger partial charge in [0.05, 0.1) is 0 Å². The van der Waals surface area contributed by atoms with Crippen LogP contribution in [0.25, 0.3) is 0 Å². The van der Waals surface area contributed by atoms with Crippen LogP contribution in [0.2, 0.25) is 0 Å². The first-order chi connectivity index (χ1) is 6.18. The van der Waals surface area contributed by atoms with Gasteiger partial charge in [-0.05, 0) is 19.4 Å². The lowest BCUT2D eigenvalue weighted by molar-refractivity contribution is 0.569. The van der Waals surface area contributed by atoms with Crippen molar-refractivity contribution in [2.75, 3.05) is 6.54 Å². The van der Waals surface area contributed by atoms with Gasteiger partial charge in [-0.25, -0.2) is 0 Å². The van der Waals surface area contributed by atoms with E-state index < -0.39 is 0 Å². The second-order valence-electron chi connectivity index (χ2n) is 3.39. The molecule has 0 saturated heterocycles. The van der Waals surface area contributed by atoms with Crippen molar-refractivity contribution in [3.05, 3.63) is 20.7 Å². The lowest BCUT2D eigenvalue weighted by atomic mass is 10.2. The van der Waals surface area contributed by atoms with Gasteiger partial charge in [-0.15, -0.1) is 0 Å². The molecule has 0 spiro atoms. The molecule has 0 atom stereocenters. The first-order valence-corrected chi connectivity index (χ1v) is 5.46. The van der Waals surface area contributed by atoms with Crippen molar-refractivity contribution in [2.45, 2.75) is 32.7 Å². The van der Waals surface area contributed by atoms with Gasteiger partial charge in [0.15, 0.2) is 0 Å². The summed E-state index contributed by atoms with van der Waals surface area (Å²) in [5.74, 6) is 0. The number of aromatic nitrogens is 1. The zero-order valence-corrected chi connectivity index (χ0v) is 8.91. The first kappa shape index (κ1) is 10.5. The predicted octanol–water partition coefficient (Wildman–Crippen LogP) is 1.37. The third kappa shape index (κ3) is 4.24. The number of aryl methyl sites for hydroxylation is 1. The molecule has 0 aliphatic heterocycles. The highest BCUT2D eigenvalue weighted by Crippen LogP contribution is 1.99. The minimum absolute atomic E-state index is 0.0480. The molecule has 4 heteroatoms. The Morgan fingerprint density at radius 1 is 1.62 bits per heavy atom. The second kappa shape index (κ2) is 5.19. The molecule has 0 aliphatic rings. The molecular weight excluding hydrogens is 184 g/mol. The second-order valence-corrected chi connectivity index (χ2v) is 4.23. The molecule has 1 rings (SSSR count).